The van der Waals surface area contributed by atoms with Crippen molar-refractivity contribution in [2.24, 2.45) is 0 Å². The summed E-state index contributed by atoms with van der Waals surface area (Å²) in [6, 6.07) is 8.21. The summed E-state index contributed by atoms with van der Waals surface area (Å²) in [5.41, 5.74) is 1.08. The molecule has 23 heavy (non-hydrogen) atoms. The standard InChI is InChI=1S/C16H8N4S3/c17-9-11(15-19-3-5-21-15)7-13-1-2-14(23-13)8-12(10-18)16-20-4-6-22-16/h1-8H/b11-7+,12-8+. The van der Waals surface area contributed by atoms with Crippen LogP contribution in [0.15, 0.2) is 35.3 Å². The van der Waals surface area contributed by atoms with Crippen LogP contribution >= 0.6 is 34.0 Å². The van der Waals surface area contributed by atoms with Crippen LogP contribution in [0.25, 0.3) is 23.3 Å². The van der Waals surface area contributed by atoms with Crippen molar-refractivity contribution in [3.63, 3.8) is 0 Å². The lowest BCUT2D eigenvalue weighted by Crippen LogP contribution is -1.77. The third-order valence-electron chi connectivity index (χ3n) is 2.79. The molecular formula is C16H8N4S3. The number of allylic oxidation sites excluding steroid dienone is 2. The summed E-state index contributed by atoms with van der Waals surface area (Å²) < 4.78 is 0. The molecule has 0 atom stereocenters. The number of nitrogens with zero attached hydrogens (tertiary/aromatic N) is 4. The molecule has 0 aromatic carbocycles. The molecule has 0 aliphatic rings. The molecule has 0 N–H and O–H groups in total. The zero-order chi connectivity index (χ0) is 16.1. The van der Waals surface area contributed by atoms with Crippen molar-refractivity contribution in [3.05, 3.63) is 55.1 Å². The Bertz CT molecular complexity index is 856. The Balaban J connectivity index is 1.89. The molecule has 3 heterocycles. The zero-order valence-corrected chi connectivity index (χ0v) is 14.1. The number of thiazole rings is 2. The van der Waals surface area contributed by atoms with Crippen LogP contribution in [-0.2, 0) is 0 Å². The number of aromatic nitrogens is 2. The van der Waals surface area contributed by atoms with Gasteiger partial charge in [0.25, 0.3) is 0 Å². The van der Waals surface area contributed by atoms with E-state index in [0.29, 0.717) is 21.2 Å². The molecule has 0 fully saturated rings. The van der Waals surface area contributed by atoms with Crippen LogP contribution in [0.1, 0.15) is 19.8 Å². The van der Waals surface area contributed by atoms with E-state index in [2.05, 4.69) is 22.1 Å². The first-order valence-corrected chi connectivity index (χ1v) is 9.01. The Morgan fingerprint density at radius 3 is 1.70 bits per heavy atom. The van der Waals surface area contributed by atoms with Crippen molar-refractivity contribution in [1.29, 1.82) is 10.5 Å². The fraction of sp³-hybridized carbons (Fsp3) is 0. The van der Waals surface area contributed by atoms with E-state index in [9.17, 15) is 10.5 Å². The zero-order valence-electron chi connectivity index (χ0n) is 11.6. The third kappa shape index (κ3) is 3.61. The fourth-order valence-corrected chi connectivity index (χ4v) is 3.91. The molecule has 3 aromatic heterocycles. The topological polar surface area (TPSA) is 73.4 Å². The van der Waals surface area contributed by atoms with E-state index in [1.165, 1.54) is 34.0 Å². The Labute approximate surface area is 145 Å². The summed E-state index contributed by atoms with van der Waals surface area (Å²) in [6.45, 7) is 0. The minimum atomic E-state index is 0.540. The Morgan fingerprint density at radius 2 is 1.35 bits per heavy atom. The molecule has 3 rings (SSSR count). The van der Waals surface area contributed by atoms with Crippen molar-refractivity contribution in [2.45, 2.75) is 0 Å². The van der Waals surface area contributed by atoms with Gasteiger partial charge in [0, 0.05) is 32.9 Å². The van der Waals surface area contributed by atoms with Gasteiger partial charge in [0.2, 0.25) is 0 Å². The Morgan fingerprint density at radius 1 is 0.870 bits per heavy atom. The quantitative estimate of drug-likeness (QED) is 0.633. The molecule has 0 bridgehead atoms. The second-order valence-electron chi connectivity index (χ2n) is 4.25. The minimum Gasteiger partial charge on any atom is -0.244 e. The first kappa shape index (κ1) is 15.3. The molecular weight excluding hydrogens is 344 g/mol. The predicted octanol–water partition coefficient (Wildman–Crippen LogP) is 4.79. The maximum Gasteiger partial charge on any atom is 0.133 e. The molecule has 0 aliphatic heterocycles. The van der Waals surface area contributed by atoms with Crippen LogP contribution in [0.2, 0.25) is 0 Å². The normalized spacial score (nSPS) is 11.9. The molecule has 0 unspecified atom stereocenters. The van der Waals surface area contributed by atoms with E-state index in [0.717, 1.165) is 9.75 Å². The largest absolute Gasteiger partial charge is 0.244 e. The van der Waals surface area contributed by atoms with Crippen LogP contribution in [-0.4, -0.2) is 9.97 Å². The van der Waals surface area contributed by atoms with Gasteiger partial charge in [-0.3, -0.25) is 0 Å². The van der Waals surface area contributed by atoms with Gasteiger partial charge in [0.05, 0.1) is 11.1 Å². The molecule has 110 valence electrons. The van der Waals surface area contributed by atoms with Crippen LogP contribution in [0, 0.1) is 22.7 Å². The lowest BCUT2D eigenvalue weighted by Gasteiger charge is -1.92. The highest BCUT2D eigenvalue weighted by atomic mass is 32.1. The van der Waals surface area contributed by atoms with Crippen LogP contribution in [0.4, 0.5) is 0 Å². The first-order valence-electron chi connectivity index (χ1n) is 6.43. The Hall–Kier alpha value is -2.58. The molecule has 3 aromatic rings. The van der Waals surface area contributed by atoms with E-state index < -0.39 is 0 Å². The summed E-state index contributed by atoms with van der Waals surface area (Å²) in [4.78, 5) is 10.2. The molecule has 7 heteroatoms. The molecule has 0 amide bonds. The predicted molar refractivity (Wildman–Crippen MR) is 95.5 cm³/mol. The van der Waals surface area contributed by atoms with Crippen LogP contribution in [0.5, 0.6) is 0 Å². The summed E-state index contributed by atoms with van der Waals surface area (Å²) in [7, 11) is 0. The second kappa shape index (κ2) is 7.12. The van der Waals surface area contributed by atoms with Gasteiger partial charge in [-0.1, -0.05) is 0 Å². The molecule has 0 saturated carbocycles. The number of hydrogen-bond donors (Lipinski definition) is 0. The van der Waals surface area contributed by atoms with Gasteiger partial charge in [-0.2, -0.15) is 10.5 Å². The molecule has 0 spiro atoms. The van der Waals surface area contributed by atoms with Gasteiger partial charge in [-0.05, 0) is 24.3 Å². The summed E-state index contributed by atoms with van der Waals surface area (Å²) in [6.07, 6.45) is 6.99. The smallest absolute Gasteiger partial charge is 0.133 e. The average molecular weight is 352 g/mol. The van der Waals surface area contributed by atoms with E-state index in [1.807, 2.05) is 35.0 Å². The number of nitriles is 2. The monoisotopic (exact) mass is 352 g/mol. The van der Waals surface area contributed by atoms with Crippen LogP contribution < -0.4 is 0 Å². The SMILES string of the molecule is N#C/C(=C\c1ccc(/C=C(\C#N)c2nccs2)s1)c1nccs1. The number of rotatable bonds is 4. The van der Waals surface area contributed by atoms with Crippen molar-refractivity contribution in [3.8, 4) is 12.1 Å². The summed E-state index contributed by atoms with van der Waals surface area (Å²) >= 11 is 4.38. The maximum absolute atomic E-state index is 9.27. The minimum absolute atomic E-state index is 0.540. The second-order valence-corrected chi connectivity index (χ2v) is 7.19. The highest BCUT2D eigenvalue weighted by Crippen LogP contribution is 2.27. The molecule has 0 aliphatic carbocycles. The third-order valence-corrected chi connectivity index (χ3v) is 5.38. The van der Waals surface area contributed by atoms with Gasteiger partial charge in [-0.15, -0.1) is 34.0 Å². The fourth-order valence-electron chi connectivity index (χ4n) is 1.80. The highest BCUT2D eigenvalue weighted by Gasteiger charge is 2.07. The lowest BCUT2D eigenvalue weighted by atomic mass is 10.2. The first-order chi connectivity index (χ1) is 11.3. The number of thiophene rings is 1. The Kier molecular flexibility index (Phi) is 4.74. The van der Waals surface area contributed by atoms with Gasteiger partial charge in [0.1, 0.15) is 22.2 Å². The van der Waals surface area contributed by atoms with Crippen molar-refractivity contribution >= 4 is 57.3 Å². The average Bonchev–Trinajstić information content (AvgIpc) is 3.32. The number of hydrogen-bond acceptors (Lipinski definition) is 7. The van der Waals surface area contributed by atoms with Gasteiger partial charge in [0.15, 0.2) is 0 Å². The highest BCUT2D eigenvalue weighted by molar-refractivity contribution is 7.14. The summed E-state index contributed by atoms with van der Waals surface area (Å²) in [5, 5.41) is 23.6. The summed E-state index contributed by atoms with van der Waals surface area (Å²) in [5.74, 6) is 0. The van der Waals surface area contributed by atoms with Gasteiger partial charge < -0.3 is 0 Å². The van der Waals surface area contributed by atoms with E-state index in [1.54, 1.807) is 12.4 Å². The molecule has 0 radical (unpaired) electrons. The molecule has 4 nitrogen and oxygen atoms in total. The van der Waals surface area contributed by atoms with Gasteiger partial charge in [-0.25, -0.2) is 9.97 Å². The van der Waals surface area contributed by atoms with Crippen molar-refractivity contribution in [1.82, 2.24) is 9.97 Å². The van der Waals surface area contributed by atoms with Gasteiger partial charge >= 0.3 is 0 Å². The van der Waals surface area contributed by atoms with E-state index in [4.69, 9.17) is 0 Å². The van der Waals surface area contributed by atoms with Crippen LogP contribution in [0.3, 0.4) is 0 Å². The molecule has 0 saturated heterocycles. The van der Waals surface area contributed by atoms with E-state index in [-0.39, 0.29) is 0 Å². The van der Waals surface area contributed by atoms with Crippen molar-refractivity contribution < 1.29 is 0 Å². The maximum atomic E-state index is 9.27. The van der Waals surface area contributed by atoms with E-state index >= 15 is 0 Å². The lowest BCUT2D eigenvalue weighted by molar-refractivity contribution is 1.38. The van der Waals surface area contributed by atoms with Crippen molar-refractivity contribution in [2.75, 3.05) is 0 Å².